The Labute approximate surface area is 102 Å². The summed E-state index contributed by atoms with van der Waals surface area (Å²) in [4.78, 5) is 14.3. The predicted octanol–water partition coefficient (Wildman–Crippen LogP) is 1.18. The van der Waals surface area contributed by atoms with E-state index in [9.17, 15) is 4.79 Å². The number of unbranched alkanes of at least 4 members (excludes halogenated alkanes) is 3. The Hall–Kier alpha value is -1.72. The van der Waals surface area contributed by atoms with Crippen molar-refractivity contribution in [2.75, 3.05) is 29.7 Å². The van der Waals surface area contributed by atoms with Crippen LogP contribution in [0.15, 0.2) is 6.33 Å². The molecule has 0 bridgehead atoms. The summed E-state index contributed by atoms with van der Waals surface area (Å²) in [5.74, 6) is 0.857. The second-order valence-electron chi connectivity index (χ2n) is 4.03. The lowest BCUT2D eigenvalue weighted by atomic mass is 10.2. The van der Waals surface area contributed by atoms with E-state index in [0.717, 1.165) is 13.0 Å². The number of anilines is 2. The molecule has 1 amide bonds. The van der Waals surface area contributed by atoms with Crippen molar-refractivity contribution in [2.24, 2.45) is 0 Å². The van der Waals surface area contributed by atoms with Gasteiger partial charge in [-0.25, -0.2) is 9.66 Å². The molecule has 0 aliphatic rings. The summed E-state index contributed by atoms with van der Waals surface area (Å²) in [5.41, 5.74) is 5.86. The molecule has 1 rings (SSSR count). The van der Waals surface area contributed by atoms with E-state index in [1.165, 1.54) is 19.3 Å². The maximum Gasteiger partial charge on any atom is 0.212 e. The number of aromatic nitrogens is 2. The minimum Gasteiger partial charge on any atom is -0.381 e. The molecule has 0 aliphatic heterocycles. The maximum atomic E-state index is 10.3. The zero-order valence-electron chi connectivity index (χ0n) is 10.5. The number of nitrogen functional groups attached to an aromatic ring is 1. The van der Waals surface area contributed by atoms with Gasteiger partial charge in [0.25, 0.3) is 0 Å². The highest BCUT2D eigenvalue weighted by atomic mass is 16.1. The Kier molecular flexibility index (Phi) is 5.32. The van der Waals surface area contributed by atoms with Gasteiger partial charge in [0.15, 0.2) is 11.6 Å². The van der Waals surface area contributed by atoms with E-state index in [2.05, 4.69) is 17.2 Å². The van der Waals surface area contributed by atoms with Crippen molar-refractivity contribution in [3.63, 3.8) is 0 Å². The van der Waals surface area contributed by atoms with Crippen molar-refractivity contribution in [3.8, 4) is 0 Å². The molecule has 0 radical (unpaired) electrons. The van der Waals surface area contributed by atoms with Crippen LogP contribution in [-0.2, 0) is 4.79 Å². The van der Waals surface area contributed by atoms with Crippen LogP contribution in [0.1, 0.15) is 32.6 Å². The molecule has 1 aromatic rings. The van der Waals surface area contributed by atoms with Crippen LogP contribution < -0.4 is 16.1 Å². The van der Waals surface area contributed by atoms with E-state index in [4.69, 9.17) is 5.73 Å². The molecule has 0 unspecified atom stereocenters. The van der Waals surface area contributed by atoms with Crippen LogP contribution >= 0.6 is 0 Å². The minimum absolute atomic E-state index is 0.403. The lowest BCUT2D eigenvalue weighted by Gasteiger charge is -2.21. The van der Waals surface area contributed by atoms with E-state index in [1.807, 2.05) is 12.1 Å². The lowest BCUT2D eigenvalue weighted by Crippen LogP contribution is -2.31. The van der Waals surface area contributed by atoms with Crippen LogP contribution in [0.2, 0.25) is 0 Å². The van der Waals surface area contributed by atoms with Gasteiger partial charge in [-0.2, -0.15) is 0 Å². The number of hydrogen-bond donors (Lipinski definition) is 2. The average Bonchev–Trinajstić information content (AvgIpc) is 2.67. The van der Waals surface area contributed by atoms with Crippen molar-refractivity contribution in [2.45, 2.75) is 32.6 Å². The van der Waals surface area contributed by atoms with Crippen molar-refractivity contribution >= 4 is 18.0 Å². The zero-order valence-corrected chi connectivity index (χ0v) is 10.5. The van der Waals surface area contributed by atoms with Crippen LogP contribution in [0.3, 0.4) is 0 Å². The molecular formula is C11H21N5O. The average molecular weight is 239 g/mol. The van der Waals surface area contributed by atoms with Crippen molar-refractivity contribution < 1.29 is 4.79 Å². The quantitative estimate of drug-likeness (QED) is 0.527. The Bertz CT molecular complexity index is 350. The fourth-order valence-electron chi connectivity index (χ4n) is 1.66. The molecule has 0 aromatic carbocycles. The highest BCUT2D eigenvalue weighted by Crippen LogP contribution is 2.15. The van der Waals surface area contributed by atoms with Gasteiger partial charge in [-0.3, -0.25) is 4.79 Å². The lowest BCUT2D eigenvalue weighted by molar-refractivity contribution is -0.105. The number of nitrogens with two attached hydrogens (primary N) is 1. The first-order valence-corrected chi connectivity index (χ1v) is 5.95. The van der Waals surface area contributed by atoms with E-state index >= 15 is 0 Å². The number of hydrogen-bond acceptors (Lipinski definition) is 4. The Balaban J connectivity index is 2.50. The maximum absolute atomic E-state index is 10.3. The van der Waals surface area contributed by atoms with Gasteiger partial charge in [0, 0.05) is 13.6 Å². The minimum atomic E-state index is 0.403. The Morgan fingerprint density at radius 1 is 1.53 bits per heavy atom. The van der Waals surface area contributed by atoms with E-state index < -0.39 is 0 Å². The molecule has 0 aliphatic carbocycles. The first kappa shape index (κ1) is 13.3. The SMILES string of the molecule is CCCCCCN(C)n1cnc(NC=O)c1N. The summed E-state index contributed by atoms with van der Waals surface area (Å²) < 4.78 is 1.75. The molecule has 17 heavy (non-hydrogen) atoms. The molecule has 0 saturated carbocycles. The Morgan fingerprint density at radius 3 is 2.94 bits per heavy atom. The first-order chi connectivity index (χ1) is 8.20. The molecule has 6 nitrogen and oxygen atoms in total. The molecule has 0 spiro atoms. The van der Waals surface area contributed by atoms with Crippen LogP contribution in [-0.4, -0.2) is 29.7 Å². The van der Waals surface area contributed by atoms with Crippen LogP contribution in [0, 0.1) is 0 Å². The van der Waals surface area contributed by atoms with Gasteiger partial charge in [0.05, 0.1) is 0 Å². The van der Waals surface area contributed by atoms with Gasteiger partial charge in [0.2, 0.25) is 6.41 Å². The highest BCUT2D eigenvalue weighted by Gasteiger charge is 2.09. The first-order valence-electron chi connectivity index (χ1n) is 5.95. The number of carbonyl (C=O) groups is 1. The second kappa shape index (κ2) is 6.78. The van der Waals surface area contributed by atoms with Crippen molar-refractivity contribution in [1.82, 2.24) is 9.66 Å². The number of nitrogens with zero attached hydrogens (tertiary/aromatic N) is 3. The number of amides is 1. The number of carbonyl (C=O) groups excluding carboxylic acids is 1. The number of imidazole rings is 1. The Morgan fingerprint density at radius 2 is 2.29 bits per heavy atom. The summed E-state index contributed by atoms with van der Waals surface area (Å²) in [6.45, 7) is 3.11. The van der Waals surface area contributed by atoms with Gasteiger partial charge < -0.3 is 16.1 Å². The van der Waals surface area contributed by atoms with E-state index in [-0.39, 0.29) is 0 Å². The van der Waals surface area contributed by atoms with Gasteiger partial charge in [0.1, 0.15) is 6.33 Å². The molecular weight excluding hydrogens is 218 g/mol. The third-order valence-electron chi connectivity index (χ3n) is 2.68. The highest BCUT2D eigenvalue weighted by molar-refractivity contribution is 5.75. The topological polar surface area (TPSA) is 76.2 Å². The molecule has 0 saturated heterocycles. The van der Waals surface area contributed by atoms with Crippen LogP contribution in [0.5, 0.6) is 0 Å². The third kappa shape index (κ3) is 3.65. The molecule has 3 N–H and O–H groups in total. The van der Waals surface area contributed by atoms with Crippen LogP contribution in [0.4, 0.5) is 11.6 Å². The third-order valence-corrected chi connectivity index (χ3v) is 2.68. The summed E-state index contributed by atoms with van der Waals surface area (Å²) >= 11 is 0. The van der Waals surface area contributed by atoms with E-state index in [1.54, 1.807) is 11.0 Å². The summed E-state index contributed by atoms with van der Waals surface area (Å²) in [5, 5.41) is 4.46. The normalized spacial score (nSPS) is 10.2. The summed E-state index contributed by atoms with van der Waals surface area (Å²) in [6.07, 6.45) is 7.01. The largest absolute Gasteiger partial charge is 0.381 e. The second-order valence-corrected chi connectivity index (χ2v) is 4.03. The molecule has 0 atom stereocenters. The standard InChI is InChI=1S/C11H21N5O/c1-3-4-5-6-7-15(2)16-8-13-11(10(16)12)14-9-17/h8-9H,3-7,12H2,1-2H3,(H,14,17). The van der Waals surface area contributed by atoms with Gasteiger partial charge in [-0.15, -0.1) is 0 Å². The molecule has 0 fully saturated rings. The summed E-state index contributed by atoms with van der Waals surface area (Å²) in [7, 11) is 1.95. The van der Waals surface area contributed by atoms with Crippen LogP contribution in [0.25, 0.3) is 0 Å². The van der Waals surface area contributed by atoms with Gasteiger partial charge in [-0.1, -0.05) is 26.2 Å². The summed E-state index contributed by atoms with van der Waals surface area (Å²) in [6, 6.07) is 0. The van der Waals surface area contributed by atoms with E-state index in [0.29, 0.717) is 18.0 Å². The van der Waals surface area contributed by atoms with Gasteiger partial charge in [-0.05, 0) is 6.42 Å². The molecule has 96 valence electrons. The fourth-order valence-corrected chi connectivity index (χ4v) is 1.66. The fraction of sp³-hybridized carbons (Fsp3) is 0.636. The molecule has 1 aromatic heterocycles. The molecule has 6 heteroatoms. The van der Waals surface area contributed by atoms with Crippen molar-refractivity contribution in [3.05, 3.63) is 6.33 Å². The smallest absolute Gasteiger partial charge is 0.212 e. The predicted molar refractivity (Wildman–Crippen MR) is 69.5 cm³/mol. The zero-order chi connectivity index (χ0) is 12.7. The molecule has 1 heterocycles. The van der Waals surface area contributed by atoms with Gasteiger partial charge >= 0.3 is 0 Å². The number of nitrogens with one attached hydrogen (secondary N) is 1. The monoisotopic (exact) mass is 239 g/mol. The number of rotatable bonds is 8. The van der Waals surface area contributed by atoms with Crippen molar-refractivity contribution in [1.29, 1.82) is 0 Å².